The van der Waals surface area contributed by atoms with Crippen LogP contribution in [0.15, 0.2) is 52.0 Å². The van der Waals surface area contributed by atoms with E-state index in [0.717, 1.165) is 16.3 Å². The molecule has 0 spiro atoms. The molecule has 1 aliphatic heterocycles. The molecule has 0 bridgehead atoms. The van der Waals surface area contributed by atoms with Crippen molar-refractivity contribution in [3.63, 3.8) is 0 Å². The molecule has 0 saturated heterocycles. The summed E-state index contributed by atoms with van der Waals surface area (Å²) < 4.78 is 15.6. The molecule has 7 heteroatoms. The summed E-state index contributed by atoms with van der Waals surface area (Å²) in [7, 11) is 0. The zero-order valence-electron chi connectivity index (χ0n) is 10.7. The molecule has 21 heavy (non-hydrogen) atoms. The second-order valence-electron chi connectivity index (χ2n) is 4.41. The summed E-state index contributed by atoms with van der Waals surface area (Å²) in [6.07, 6.45) is 0. The molecule has 0 fully saturated rings. The molecule has 0 saturated carbocycles. The van der Waals surface area contributed by atoms with Gasteiger partial charge >= 0.3 is 0 Å². The van der Waals surface area contributed by atoms with E-state index in [0.29, 0.717) is 16.5 Å². The number of rotatable bonds is 2. The molecule has 3 heterocycles. The molecule has 0 amide bonds. The van der Waals surface area contributed by atoms with Crippen molar-refractivity contribution < 1.29 is 4.39 Å². The number of aromatic nitrogens is 3. The largest absolute Gasteiger partial charge is 0.212 e. The fourth-order valence-corrected chi connectivity index (χ4v) is 3.73. The highest BCUT2D eigenvalue weighted by atomic mass is 32.2. The van der Waals surface area contributed by atoms with Crippen LogP contribution in [0, 0.1) is 5.82 Å². The molecule has 0 N–H and O–H groups in total. The Kier molecular flexibility index (Phi) is 3.08. The Bertz CT molecular complexity index is 823. The van der Waals surface area contributed by atoms with E-state index in [1.807, 2.05) is 17.5 Å². The maximum atomic E-state index is 14.0. The Labute approximate surface area is 128 Å². The first-order chi connectivity index (χ1) is 10.3. The third-order valence-electron chi connectivity index (χ3n) is 3.09. The predicted octanol–water partition coefficient (Wildman–Crippen LogP) is 3.50. The zero-order chi connectivity index (χ0) is 14.2. The smallest absolute Gasteiger partial charge is 0.206 e. The van der Waals surface area contributed by atoms with E-state index in [-0.39, 0.29) is 5.82 Å². The van der Waals surface area contributed by atoms with Crippen LogP contribution in [0.25, 0.3) is 11.4 Å². The minimum atomic E-state index is -0.323. The number of nitrogens with zero attached hydrogens (tertiary/aromatic N) is 4. The number of thiophene rings is 1. The molecule has 2 aromatic heterocycles. The Balaban J connectivity index is 1.85. The maximum Gasteiger partial charge on any atom is 0.212 e. The highest BCUT2D eigenvalue weighted by molar-refractivity contribution is 7.99. The minimum Gasteiger partial charge on any atom is -0.206 e. The van der Waals surface area contributed by atoms with Gasteiger partial charge in [0.1, 0.15) is 5.82 Å². The van der Waals surface area contributed by atoms with Crippen LogP contribution in [0.4, 0.5) is 4.39 Å². The predicted molar refractivity (Wildman–Crippen MR) is 82.4 cm³/mol. The molecular formula is C14H9FN4S2. The van der Waals surface area contributed by atoms with Crippen molar-refractivity contribution in [2.75, 3.05) is 5.75 Å². The Morgan fingerprint density at radius 1 is 1.10 bits per heavy atom. The second-order valence-corrected chi connectivity index (χ2v) is 6.30. The van der Waals surface area contributed by atoms with E-state index >= 15 is 0 Å². The van der Waals surface area contributed by atoms with Gasteiger partial charge in [0, 0.05) is 5.75 Å². The second kappa shape index (κ2) is 5.09. The molecule has 104 valence electrons. The number of hydrogen-bond donors (Lipinski definition) is 0. The summed E-state index contributed by atoms with van der Waals surface area (Å²) in [5.41, 5.74) is 1.37. The highest BCUT2D eigenvalue weighted by Crippen LogP contribution is 2.30. The molecule has 0 unspecified atom stereocenters. The molecule has 4 nitrogen and oxygen atoms in total. The maximum absolute atomic E-state index is 14.0. The lowest BCUT2D eigenvalue weighted by Crippen LogP contribution is -2.12. The molecule has 0 radical (unpaired) electrons. The normalized spacial score (nSPS) is 13.9. The molecule has 3 aromatic rings. The van der Waals surface area contributed by atoms with Gasteiger partial charge in [0.25, 0.3) is 0 Å². The third kappa shape index (κ3) is 2.18. The van der Waals surface area contributed by atoms with Crippen molar-refractivity contribution in [2.24, 2.45) is 5.10 Å². The number of thioether (sulfide) groups is 1. The molecule has 4 rings (SSSR count). The van der Waals surface area contributed by atoms with Crippen molar-refractivity contribution in [1.29, 1.82) is 0 Å². The summed E-state index contributed by atoms with van der Waals surface area (Å²) in [5, 5.41) is 15.5. The Morgan fingerprint density at radius 3 is 2.81 bits per heavy atom. The van der Waals surface area contributed by atoms with Gasteiger partial charge in [0.2, 0.25) is 5.16 Å². The van der Waals surface area contributed by atoms with Gasteiger partial charge < -0.3 is 0 Å². The zero-order valence-corrected chi connectivity index (χ0v) is 12.4. The first-order valence-corrected chi connectivity index (χ1v) is 8.14. The lowest BCUT2D eigenvalue weighted by Gasteiger charge is -2.12. The van der Waals surface area contributed by atoms with E-state index in [2.05, 4.69) is 15.3 Å². The van der Waals surface area contributed by atoms with Crippen molar-refractivity contribution in [3.8, 4) is 11.4 Å². The summed E-state index contributed by atoms with van der Waals surface area (Å²) in [6, 6.07) is 10.6. The minimum absolute atomic E-state index is 0.323. The number of halogens is 1. The molecule has 0 atom stereocenters. The van der Waals surface area contributed by atoms with Gasteiger partial charge in [-0.1, -0.05) is 30.0 Å². The highest BCUT2D eigenvalue weighted by Gasteiger charge is 2.22. The fraction of sp³-hybridized carbons (Fsp3) is 0.0714. The van der Waals surface area contributed by atoms with Gasteiger partial charge in [-0.05, 0) is 23.6 Å². The molecule has 0 aliphatic carbocycles. The topological polar surface area (TPSA) is 43.1 Å². The fourth-order valence-electron chi connectivity index (χ4n) is 2.10. The van der Waals surface area contributed by atoms with E-state index in [1.165, 1.54) is 6.07 Å². The van der Waals surface area contributed by atoms with Crippen LogP contribution < -0.4 is 0 Å². The van der Waals surface area contributed by atoms with Crippen molar-refractivity contribution in [3.05, 3.63) is 52.5 Å². The van der Waals surface area contributed by atoms with Gasteiger partial charge in [-0.25, -0.2) is 4.39 Å². The first kappa shape index (κ1) is 12.7. The van der Waals surface area contributed by atoms with E-state index in [4.69, 9.17) is 0 Å². The van der Waals surface area contributed by atoms with Gasteiger partial charge in [-0.15, -0.1) is 21.5 Å². The monoisotopic (exact) mass is 316 g/mol. The standard InChI is InChI=1S/C14H9FN4S2/c15-10-5-2-1-4-9(10)13-16-17-14-19(13)18-11(8-21-14)12-6-3-7-20-12/h1-7H,8H2. The Hall–Kier alpha value is -1.99. The Morgan fingerprint density at radius 2 is 2.00 bits per heavy atom. The van der Waals surface area contributed by atoms with Crippen LogP contribution in [0.5, 0.6) is 0 Å². The van der Waals surface area contributed by atoms with Gasteiger partial charge in [-0.3, -0.25) is 0 Å². The van der Waals surface area contributed by atoms with Crippen molar-refractivity contribution in [2.45, 2.75) is 5.16 Å². The van der Waals surface area contributed by atoms with Crippen molar-refractivity contribution >= 4 is 28.8 Å². The third-order valence-corrected chi connectivity index (χ3v) is 4.94. The van der Waals surface area contributed by atoms with Crippen LogP contribution in [-0.4, -0.2) is 26.3 Å². The quantitative estimate of drug-likeness (QED) is 0.727. The van der Waals surface area contributed by atoms with Gasteiger partial charge in [-0.2, -0.15) is 9.78 Å². The number of fused-ring (bicyclic) bond motifs is 1. The lowest BCUT2D eigenvalue weighted by molar-refractivity contribution is 0.627. The van der Waals surface area contributed by atoms with Crippen LogP contribution in [0.2, 0.25) is 0 Å². The van der Waals surface area contributed by atoms with E-state index in [1.54, 1.807) is 46.0 Å². The number of benzene rings is 1. The first-order valence-electron chi connectivity index (χ1n) is 6.28. The van der Waals surface area contributed by atoms with Crippen LogP contribution in [0.1, 0.15) is 4.88 Å². The van der Waals surface area contributed by atoms with Crippen LogP contribution >= 0.6 is 23.1 Å². The average molecular weight is 316 g/mol. The summed E-state index contributed by atoms with van der Waals surface area (Å²) >= 11 is 3.20. The van der Waals surface area contributed by atoms with Crippen molar-refractivity contribution in [1.82, 2.24) is 14.9 Å². The van der Waals surface area contributed by atoms with Crippen LogP contribution in [-0.2, 0) is 0 Å². The van der Waals surface area contributed by atoms with E-state index in [9.17, 15) is 4.39 Å². The van der Waals surface area contributed by atoms with Gasteiger partial charge in [0.15, 0.2) is 5.82 Å². The summed E-state index contributed by atoms with van der Waals surface area (Å²) in [4.78, 5) is 1.11. The van der Waals surface area contributed by atoms with Crippen LogP contribution in [0.3, 0.4) is 0 Å². The summed E-state index contributed by atoms with van der Waals surface area (Å²) in [5.74, 6) is 0.858. The van der Waals surface area contributed by atoms with E-state index < -0.39 is 0 Å². The SMILES string of the molecule is Fc1ccccc1-c1nnc2n1N=C(c1cccs1)CS2. The van der Waals surface area contributed by atoms with Gasteiger partial charge in [0.05, 0.1) is 16.2 Å². The molecule has 1 aromatic carbocycles. The molecule has 1 aliphatic rings. The average Bonchev–Trinajstić information content (AvgIpc) is 3.17. The number of hydrogen-bond acceptors (Lipinski definition) is 5. The lowest BCUT2D eigenvalue weighted by atomic mass is 10.2. The molecular weight excluding hydrogens is 307 g/mol. The summed E-state index contributed by atoms with van der Waals surface area (Å²) in [6.45, 7) is 0.